The highest BCUT2D eigenvalue weighted by atomic mass is 16.5. The normalized spacial score (nSPS) is 23.0. The molecule has 14 heteroatoms. The Morgan fingerprint density at radius 2 is 1.69 bits per heavy atom. The third-order valence-electron chi connectivity index (χ3n) is 11.6. The number of aliphatic imine (C=N–C) groups is 1. The topological polar surface area (TPSA) is 168 Å². The molecule has 1 aliphatic carbocycles. The molecule has 2 saturated heterocycles. The molecular formula is C41H51N7O7. The van der Waals surface area contributed by atoms with Gasteiger partial charge in [-0.1, -0.05) is 37.1 Å². The number of nitrogens with one attached hydrogen (secondary N) is 3. The lowest BCUT2D eigenvalue weighted by Crippen LogP contribution is -2.54. The smallest absolute Gasteiger partial charge is 0.425 e. The van der Waals surface area contributed by atoms with Crippen LogP contribution in [0.15, 0.2) is 53.8 Å². The lowest BCUT2D eigenvalue weighted by Gasteiger charge is -2.36. The van der Waals surface area contributed by atoms with Crippen LogP contribution < -0.4 is 10.7 Å². The van der Waals surface area contributed by atoms with Gasteiger partial charge in [0.15, 0.2) is 0 Å². The maximum atomic E-state index is 13.9. The number of imidazole rings is 1. The summed E-state index contributed by atoms with van der Waals surface area (Å²) in [6.07, 6.45) is 9.08. The predicted molar refractivity (Wildman–Crippen MR) is 206 cm³/mol. The number of fused-ring (bicyclic) bond motifs is 1. The second-order valence-electron chi connectivity index (χ2n) is 15.2. The monoisotopic (exact) mass is 753 g/mol. The Bertz CT molecular complexity index is 1980. The van der Waals surface area contributed by atoms with E-state index in [1.54, 1.807) is 0 Å². The van der Waals surface area contributed by atoms with Gasteiger partial charge in [0.2, 0.25) is 11.8 Å². The Hall–Kier alpha value is -5.24. The summed E-state index contributed by atoms with van der Waals surface area (Å²) in [5.74, 6) is 0.109. The molecule has 3 N–H and O–H groups in total. The Morgan fingerprint density at radius 1 is 0.945 bits per heavy atom. The van der Waals surface area contributed by atoms with Crippen molar-refractivity contribution >= 4 is 46.1 Å². The number of aromatic amines is 1. The van der Waals surface area contributed by atoms with E-state index < -0.39 is 18.2 Å². The summed E-state index contributed by atoms with van der Waals surface area (Å²) in [4.78, 5) is 66.7. The van der Waals surface area contributed by atoms with Crippen molar-refractivity contribution in [2.45, 2.75) is 83.3 Å². The molecular weight excluding hydrogens is 702 g/mol. The quantitative estimate of drug-likeness (QED) is 0.219. The number of H-pyrrole nitrogens is 1. The maximum Gasteiger partial charge on any atom is 0.425 e. The number of hydrazine groups is 1. The van der Waals surface area contributed by atoms with Crippen LogP contribution in [0.4, 0.5) is 9.59 Å². The number of likely N-dealkylation sites (tertiary alicyclic amines) is 1. The molecule has 292 valence electrons. The van der Waals surface area contributed by atoms with Gasteiger partial charge in [-0.2, -0.15) is 0 Å². The molecule has 4 heterocycles. The van der Waals surface area contributed by atoms with E-state index >= 15 is 0 Å². The highest BCUT2D eigenvalue weighted by Gasteiger charge is 2.41. The van der Waals surface area contributed by atoms with E-state index in [4.69, 9.17) is 24.2 Å². The standard InChI is InChI=1S/C41H51N7O7/c1-24(2)48(46-41(52)54-4)38(49)32-9-6-5-8-31(32)33-20-30(21-42-33)27-12-11-26-19-28(14-13-25(26)18-27)34-22-43-37(44-34)35-10-7-16-47(35)39(50)36(45-40(51)53-3)29-15-17-55-23-29/h11-14,18-19,21-22,24,29,31-32,35-36H,5-10,15-17,20,23H2,1-4H3,(H,43,44)(H,45,51)(H,46,52)/t29?,31?,32-,35?,36?/m1/s1. The summed E-state index contributed by atoms with van der Waals surface area (Å²) in [7, 11) is 2.58. The third-order valence-corrected chi connectivity index (χ3v) is 11.6. The molecule has 4 amide bonds. The maximum absolute atomic E-state index is 13.9. The number of carbonyl (C=O) groups is 4. The summed E-state index contributed by atoms with van der Waals surface area (Å²) < 4.78 is 15.1. The van der Waals surface area contributed by atoms with Gasteiger partial charge in [0.05, 0.1) is 38.8 Å². The van der Waals surface area contributed by atoms with Crippen LogP contribution >= 0.6 is 0 Å². The lowest BCUT2D eigenvalue weighted by molar-refractivity contribution is -0.142. The second kappa shape index (κ2) is 16.6. The van der Waals surface area contributed by atoms with Gasteiger partial charge in [-0.25, -0.2) is 25.0 Å². The highest BCUT2D eigenvalue weighted by molar-refractivity contribution is 6.03. The van der Waals surface area contributed by atoms with Gasteiger partial charge in [-0.3, -0.25) is 14.6 Å². The van der Waals surface area contributed by atoms with Gasteiger partial charge in [-0.05, 0) is 80.0 Å². The minimum atomic E-state index is -0.723. The predicted octanol–water partition coefficient (Wildman–Crippen LogP) is 6.15. The van der Waals surface area contributed by atoms with Crippen LogP contribution in [-0.2, 0) is 23.8 Å². The summed E-state index contributed by atoms with van der Waals surface area (Å²) in [6.45, 7) is 5.31. The number of benzene rings is 2. The third kappa shape index (κ3) is 8.10. The summed E-state index contributed by atoms with van der Waals surface area (Å²) in [5.41, 5.74) is 7.68. The first-order chi connectivity index (χ1) is 26.6. The van der Waals surface area contributed by atoms with E-state index in [-0.39, 0.29) is 41.7 Å². The van der Waals surface area contributed by atoms with E-state index in [9.17, 15) is 19.2 Å². The van der Waals surface area contributed by atoms with Crippen molar-refractivity contribution in [3.8, 4) is 11.3 Å². The molecule has 0 radical (unpaired) electrons. The van der Waals surface area contributed by atoms with Crippen molar-refractivity contribution in [1.82, 2.24) is 30.6 Å². The van der Waals surface area contributed by atoms with E-state index in [1.165, 1.54) is 19.2 Å². The fourth-order valence-electron chi connectivity index (χ4n) is 8.58. The first-order valence-corrected chi connectivity index (χ1v) is 19.4. The number of aromatic nitrogens is 2. The number of amides is 4. The first kappa shape index (κ1) is 38.1. The van der Waals surface area contributed by atoms with Crippen molar-refractivity contribution in [2.24, 2.45) is 22.7 Å². The van der Waals surface area contributed by atoms with Gasteiger partial charge in [0.25, 0.3) is 0 Å². The van der Waals surface area contributed by atoms with E-state index in [0.29, 0.717) is 32.6 Å². The highest BCUT2D eigenvalue weighted by Crippen LogP contribution is 2.39. The van der Waals surface area contributed by atoms with Crippen molar-refractivity contribution in [1.29, 1.82) is 0 Å². The average Bonchev–Trinajstić information content (AvgIpc) is 4.05. The Kier molecular flexibility index (Phi) is 11.5. The van der Waals surface area contributed by atoms with Crippen molar-refractivity contribution in [2.75, 3.05) is 34.0 Å². The first-order valence-electron chi connectivity index (χ1n) is 19.4. The molecule has 14 nitrogen and oxygen atoms in total. The van der Waals surface area contributed by atoms with Gasteiger partial charge in [0, 0.05) is 60.8 Å². The minimum Gasteiger partial charge on any atom is -0.453 e. The molecule has 4 unspecified atom stereocenters. The fourth-order valence-corrected chi connectivity index (χ4v) is 8.58. The molecule has 55 heavy (non-hydrogen) atoms. The van der Waals surface area contributed by atoms with Crippen LogP contribution in [0, 0.1) is 17.8 Å². The van der Waals surface area contributed by atoms with E-state index in [1.807, 2.05) is 31.1 Å². The second-order valence-corrected chi connectivity index (χ2v) is 15.2. The average molecular weight is 754 g/mol. The van der Waals surface area contributed by atoms with Crippen molar-refractivity contribution in [3.63, 3.8) is 0 Å². The van der Waals surface area contributed by atoms with Crippen molar-refractivity contribution < 1.29 is 33.4 Å². The van der Waals surface area contributed by atoms with Gasteiger partial charge >= 0.3 is 12.2 Å². The van der Waals surface area contributed by atoms with Crippen LogP contribution in [0.1, 0.15) is 82.6 Å². The van der Waals surface area contributed by atoms with E-state index in [0.717, 1.165) is 83.2 Å². The molecule has 2 aromatic carbocycles. The number of hydrogen-bond acceptors (Lipinski definition) is 9. The Labute approximate surface area is 321 Å². The SMILES string of the molecule is COC(=O)NC(C(=O)N1CCCC1c1ncc(-c2ccc3cc(C4=CN=C(C5CCCC[C@H]5C(=O)N(NC(=O)OC)C(C)C)C4)ccc3c2)[nH]1)C1CCOC1. The number of alkyl carbamates (subject to hydrolysis) is 1. The van der Waals surface area contributed by atoms with Crippen LogP contribution in [0.3, 0.4) is 0 Å². The Balaban J connectivity index is 1.02. The van der Waals surface area contributed by atoms with Crippen LogP contribution in [0.25, 0.3) is 27.6 Å². The number of carbonyl (C=O) groups excluding carboxylic acids is 4. The van der Waals surface area contributed by atoms with Gasteiger partial charge < -0.3 is 29.4 Å². The molecule has 1 saturated carbocycles. The van der Waals surface area contributed by atoms with Crippen molar-refractivity contribution in [3.05, 3.63) is 60.2 Å². The number of rotatable bonds is 9. The molecule has 3 aromatic rings. The summed E-state index contributed by atoms with van der Waals surface area (Å²) in [5, 5.41) is 6.34. The molecule has 1 aromatic heterocycles. The molecule has 0 bridgehead atoms. The minimum absolute atomic E-state index is 0.00675. The largest absolute Gasteiger partial charge is 0.453 e. The van der Waals surface area contributed by atoms with Gasteiger partial charge in [0.1, 0.15) is 11.9 Å². The fraction of sp³-hybridized carbons (Fsp3) is 0.512. The number of hydrogen-bond donors (Lipinski definition) is 3. The molecule has 5 atom stereocenters. The zero-order chi connectivity index (χ0) is 38.6. The summed E-state index contributed by atoms with van der Waals surface area (Å²) >= 11 is 0. The summed E-state index contributed by atoms with van der Waals surface area (Å²) in [6, 6.07) is 11.6. The van der Waals surface area contributed by atoms with Crippen LogP contribution in [0.5, 0.6) is 0 Å². The molecule has 7 rings (SSSR count). The lowest BCUT2D eigenvalue weighted by atomic mass is 9.74. The van der Waals surface area contributed by atoms with Crippen LogP contribution in [0.2, 0.25) is 0 Å². The molecule has 0 spiro atoms. The zero-order valence-corrected chi connectivity index (χ0v) is 32.0. The molecule has 4 aliphatic rings. The Morgan fingerprint density at radius 3 is 2.42 bits per heavy atom. The number of allylic oxidation sites excluding steroid dienone is 1. The zero-order valence-electron chi connectivity index (χ0n) is 32.0. The molecule has 3 fully saturated rings. The van der Waals surface area contributed by atoms with Crippen LogP contribution in [-0.4, -0.2) is 95.7 Å². The molecule has 3 aliphatic heterocycles. The number of ether oxygens (including phenoxy) is 3. The number of nitrogens with zero attached hydrogens (tertiary/aromatic N) is 4. The van der Waals surface area contributed by atoms with Gasteiger partial charge in [-0.15, -0.1) is 0 Å². The number of methoxy groups -OCH3 is 2. The van der Waals surface area contributed by atoms with E-state index in [2.05, 4.69) is 52.1 Å².